The van der Waals surface area contributed by atoms with E-state index in [0.717, 1.165) is 0 Å². The minimum absolute atomic E-state index is 0.0139. The van der Waals surface area contributed by atoms with Crippen LogP contribution >= 0.6 is 0 Å². The number of ether oxygens (including phenoxy) is 2. The van der Waals surface area contributed by atoms with Crippen molar-refractivity contribution in [2.24, 2.45) is 17.8 Å². The van der Waals surface area contributed by atoms with Gasteiger partial charge in [-0.2, -0.15) is 0 Å². The number of likely N-dealkylation sites (N-methyl/N-ethyl adjacent to an activating group) is 2. The van der Waals surface area contributed by atoms with E-state index in [9.17, 15) is 14.4 Å². The van der Waals surface area contributed by atoms with Crippen LogP contribution in [0.25, 0.3) is 0 Å². The molecule has 0 aliphatic carbocycles. The van der Waals surface area contributed by atoms with Crippen molar-refractivity contribution in [3.8, 4) is 0 Å². The highest BCUT2D eigenvalue weighted by Gasteiger charge is 2.38. The van der Waals surface area contributed by atoms with Gasteiger partial charge in [0.25, 0.3) is 0 Å². The largest absolute Gasteiger partial charge is 0.460 e. The third-order valence-corrected chi connectivity index (χ3v) is 5.64. The minimum atomic E-state index is -0.691. The van der Waals surface area contributed by atoms with Crippen molar-refractivity contribution in [3.63, 3.8) is 0 Å². The van der Waals surface area contributed by atoms with E-state index in [2.05, 4.69) is 5.32 Å². The predicted octanol–water partition coefficient (Wildman–Crippen LogP) is 2.94. The number of hydrogen-bond acceptors (Lipinski definition) is 6. The van der Waals surface area contributed by atoms with Gasteiger partial charge in [0.2, 0.25) is 11.8 Å². The minimum Gasteiger partial charge on any atom is -0.460 e. The van der Waals surface area contributed by atoms with Crippen LogP contribution in [0.3, 0.4) is 0 Å². The zero-order chi connectivity index (χ0) is 26.3. The highest BCUT2D eigenvalue weighted by atomic mass is 16.6. The predicted molar refractivity (Wildman–Crippen MR) is 132 cm³/mol. The molecule has 0 bridgehead atoms. The molecule has 0 aliphatic rings. The average molecular weight is 472 g/mol. The number of rotatable bonds is 12. The smallest absolute Gasteiger partial charge is 0.309 e. The molecule has 0 aromatic rings. The van der Waals surface area contributed by atoms with Crippen LogP contribution in [0.4, 0.5) is 0 Å². The van der Waals surface area contributed by atoms with E-state index in [4.69, 9.17) is 9.47 Å². The summed E-state index contributed by atoms with van der Waals surface area (Å²) in [5, 5.41) is 2.98. The molecule has 0 aromatic heterocycles. The number of esters is 1. The molecular weight excluding hydrogens is 422 g/mol. The summed E-state index contributed by atoms with van der Waals surface area (Å²) in [7, 11) is 6.96. The Morgan fingerprint density at radius 2 is 1.39 bits per heavy atom. The van der Waals surface area contributed by atoms with Gasteiger partial charge in [0.05, 0.1) is 24.6 Å². The summed E-state index contributed by atoms with van der Waals surface area (Å²) in [6.07, 6.45) is -0.509. The summed E-state index contributed by atoms with van der Waals surface area (Å²) >= 11 is 0. The first kappa shape index (κ1) is 31.3. The highest BCUT2D eigenvalue weighted by Crippen LogP contribution is 2.22. The fourth-order valence-electron chi connectivity index (χ4n) is 4.27. The van der Waals surface area contributed by atoms with E-state index < -0.39 is 17.7 Å². The molecule has 8 heteroatoms. The van der Waals surface area contributed by atoms with Gasteiger partial charge in [-0.15, -0.1) is 0 Å². The maximum Gasteiger partial charge on any atom is 0.309 e. The summed E-state index contributed by atoms with van der Waals surface area (Å²) in [4.78, 5) is 42.6. The first-order valence-corrected chi connectivity index (χ1v) is 11.9. The Bertz CT molecular complexity index is 632. The van der Waals surface area contributed by atoms with E-state index in [1.54, 1.807) is 11.9 Å². The van der Waals surface area contributed by atoms with Crippen LogP contribution in [0.15, 0.2) is 0 Å². The Morgan fingerprint density at radius 1 is 0.879 bits per heavy atom. The first-order chi connectivity index (χ1) is 14.9. The van der Waals surface area contributed by atoms with Crippen LogP contribution in [0.1, 0.15) is 68.7 Å². The van der Waals surface area contributed by atoms with Crippen LogP contribution in [0.2, 0.25) is 0 Å². The van der Waals surface area contributed by atoms with Crippen LogP contribution in [-0.2, 0) is 23.9 Å². The van der Waals surface area contributed by atoms with Crippen LogP contribution in [0, 0.1) is 17.8 Å². The van der Waals surface area contributed by atoms with Gasteiger partial charge in [-0.3, -0.25) is 19.3 Å². The zero-order valence-corrected chi connectivity index (χ0v) is 23.2. The van der Waals surface area contributed by atoms with Crippen LogP contribution in [0.5, 0.6) is 0 Å². The van der Waals surface area contributed by atoms with E-state index in [1.807, 2.05) is 81.3 Å². The molecule has 1 N–H and O–H groups in total. The second-order valence-corrected chi connectivity index (χ2v) is 11.1. The summed E-state index contributed by atoms with van der Waals surface area (Å²) in [6.45, 7) is 17.2. The third-order valence-electron chi connectivity index (χ3n) is 5.64. The van der Waals surface area contributed by atoms with Crippen molar-refractivity contribution in [2.75, 3.05) is 28.3 Å². The molecule has 0 heterocycles. The molecule has 0 saturated carbocycles. The lowest BCUT2D eigenvalue weighted by Crippen LogP contribution is -2.59. The molecule has 0 aromatic carbocycles. The average Bonchev–Trinajstić information content (AvgIpc) is 2.61. The normalized spacial score (nSPS) is 16.0. The number of carbonyl (C=O) groups excluding carboxylic acids is 3. The highest BCUT2D eigenvalue weighted by molar-refractivity contribution is 5.90. The van der Waals surface area contributed by atoms with Crippen molar-refractivity contribution in [1.82, 2.24) is 15.1 Å². The molecule has 33 heavy (non-hydrogen) atoms. The number of nitrogens with zero attached hydrogens (tertiary/aromatic N) is 2. The first-order valence-electron chi connectivity index (χ1n) is 11.9. The molecule has 2 amide bonds. The van der Waals surface area contributed by atoms with Gasteiger partial charge >= 0.3 is 5.97 Å². The maximum absolute atomic E-state index is 13.6. The van der Waals surface area contributed by atoms with Gasteiger partial charge in [0, 0.05) is 14.2 Å². The number of amides is 2. The summed E-state index contributed by atoms with van der Waals surface area (Å²) in [5.41, 5.74) is -0.600. The SMILES string of the molecule is CO[C@H](CC(=O)OC(C)(C)C)[C@H](C(C)C)N(C)C(=O)[C@@H](NC(=O)[C@H](C(C)C)N(C)C)C(C)C. The van der Waals surface area contributed by atoms with E-state index in [0.29, 0.717) is 0 Å². The molecular formula is C25H49N3O5. The monoisotopic (exact) mass is 471 g/mol. The Hall–Kier alpha value is -1.67. The zero-order valence-electron chi connectivity index (χ0n) is 23.2. The van der Waals surface area contributed by atoms with E-state index in [1.165, 1.54) is 7.11 Å². The Kier molecular flexibility index (Phi) is 12.6. The van der Waals surface area contributed by atoms with Gasteiger partial charge in [-0.1, -0.05) is 41.5 Å². The summed E-state index contributed by atoms with van der Waals surface area (Å²) in [5.74, 6) is -0.757. The lowest BCUT2D eigenvalue weighted by molar-refractivity contribution is -0.160. The molecule has 0 aliphatic heterocycles. The lowest BCUT2D eigenvalue weighted by atomic mass is 9.92. The molecule has 0 radical (unpaired) electrons. The fourth-order valence-corrected chi connectivity index (χ4v) is 4.27. The molecule has 0 rings (SSSR count). The van der Waals surface area contributed by atoms with Crippen molar-refractivity contribution < 1.29 is 23.9 Å². The Labute approximate surface area is 201 Å². The van der Waals surface area contributed by atoms with Gasteiger partial charge in [-0.25, -0.2) is 0 Å². The van der Waals surface area contributed by atoms with E-state index in [-0.39, 0.29) is 54.0 Å². The second-order valence-electron chi connectivity index (χ2n) is 11.1. The molecule has 4 atom stereocenters. The number of hydrogen-bond donors (Lipinski definition) is 1. The maximum atomic E-state index is 13.6. The van der Waals surface area contributed by atoms with Crippen LogP contribution < -0.4 is 5.32 Å². The molecule has 8 nitrogen and oxygen atoms in total. The quantitative estimate of drug-likeness (QED) is 0.440. The summed E-state index contributed by atoms with van der Waals surface area (Å²) in [6, 6.07) is -1.41. The van der Waals surface area contributed by atoms with Gasteiger partial charge in [0.15, 0.2) is 0 Å². The molecule has 0 saturated heterocycles. The van der Waals surface area contributed by atoms with Crippen molar-refractivity contribution >= 4 is 17.8 Å². The van der Waals surface area contributed by atoms with Crippen molar-refractivity contribution in [2.45, 2.75) is 98.6 Å². The topological polar surface area (TPSA) is 88.2 Å². The standard InChI is InChI=1S/C25H49N3O5/c1-15(2)20(26-23(30)22(17(5)6)27(10)11)24(31)28(12)21(16(3)4)18(32-13)14-19(29)33-25(7,8)9/h15-18,20-22H,14H2,1-13H3,(H,26,30)/t18-,20+,21+,22+/m1/s1. The fraction of sp³-hybridized carbons (Fsp3) is 0.880. The Morgan fingerprint density at radius 3 is 1.73 bits per heavy atom. The van der Waals surface area contributed by atoms with E-state index >= 15 is 0 Å². The van der Waals surface area contributed by atoms with Gasteiger partial charge in [0.1, 0.15) is 11.6 Å². The molecule has 0 unspecified atom stereocenters. The number of methoxy groups -OCH3 is 1. The number of nitrogens with one attached hydrogen (secondary N) is 1. The van der Waals surface area contributed by atoms with Crippen molar-refractivity contribution in [3.05, 3.63) is 0 Å². The molecule has 194 valence electrons. The summed E-state index contributed by atoms with van der Waals surface area (Å²) < 4.78 is 11.1. The second kappa shape index (κ2) is 13.3. The molecule has 0 spiro atoms. The lowest BCUT2D eigenvalue weighted by Gasteiger charge is -2.39. The van der Waals surface area contributed by atoms with Crippen LogP contribution in [-0.4, -0.2) is 85.7 Å². The third kappa shape index (κ3) is 10.0. The Balaban J connectivity index is 5.77. The van der Waals surface area contributed by atoms with Gasteiger partial charge < -0.3 is 19.7 Å². The number of carbonyl (C=O) groups is 3. The van der Waals surface area contributed by atoms with Crippen molar-refractivity contribution in [1.29, 1.82) is 0 Å². The van der Waals surface area contributed by atoms with Gasteiger partial charge in [-0.05, 0) is 52.6 Å². The molecule has 0 fully saturated rings.